The van der Waals surface area contributed by atoms with E-state index in [1.54, 1.807) is 30.7 Å². The first kappa shape index (κ1) is 15.0. The van der Waals surface area contributed by atoms with Crippen LogP contribution in [0.4, 0.5) is 5.82 Å². The van der Waals surface area contributed by atoms with Crippen LogP contribution in [0.3, 0.4) is 0 Å². The van der Waals surface area contributed by atoms with Crippen LogP contribution in [-0.4, -0.2) is 23.1 Å². The van der Waals surface area contributed by atoms with Gasteiger partial charge in [0.05, 0.1) is 12.3 Å². The van der Waals surface area contributed by atoms with Crippen LogP contribution in [0.5, 0.6) is 0 Å². The highest BCUT2D eigenvalue weighted by Crippen LogP contribution is 2.20. The summed E-state index contributed by atoms with van der Waals surface area (Å²) in [6, 6.07) is 4.73. The number of rotatable bonds is 4. The zero-order valence-corrected chi connectivity index (χ0v) is 13.4. The highest BCUT2D eigenvalue weighted by atomic mass is 79.9. The van der Waals surface area contributed by atoms with Gasteiger partial charge in [-0.2, -0.15) is 0 Å². The Bertz CT molecular complexity index is 740. The molecule has 108 valence electrons. The topological polar surface area (TPSA) is 84.2 Å². The number of sulfonamides is 1. The minimum absolute atomic E-state index is 0.0893. The lowest BCUT2D eigenvalue weighted by Gasteiger charge is -2.07. The third kappa shape index (κ3) is 3.02. The summed E-state index contributed by atoms with van der Waals surface area (Å²) in [5, 5.41) is 9.10. The Labute approximate surface area is 125 Å². The van der Waals surface area contributed by atoms with Gasteiger partial charge in [-0.1, -0.05) is 0 Å². The summed E-state index contributed by atoms with van der Waals surface area (Å²) in [6.45, 7) is 1.55. The maximum Gasteiger partial charge on any atom is 0.264 e. The molecule has 0 spiro atoms. The second-order valence-corrected chi connectivity index (χ2v) is 6.84. The van der Waals surface area contributed by atoms with Gasteiger partial charge >= 0.3 is 0 Å². The van der Waals surface area contributed by atoms with Gasteiger partial charge in [-0.3, -0.25) is 4.72 Å². The molecule has 2 aromatic heterocycles. The summed E-state index contributed by atoms with van der Waals surface area (Å²) >= 11 is 3.31. The molecule has 0 aliphatic heterocycles. The van der Waals surface area contributed by atoms with Gasteiger partial charge < -0.3 is 9.67 Å². The smallest absolute Gasteiger partial charge is 0.264 e. The molecule has 20 heavy (non-hydrogen) atoms. The molecule has 2 heterocycles. The van der Waals surface area contributed by atoms with Crippen LogP contribution in [0.2, 0.25) is 0 Å². The van der Waals surface area contributed by atoms with Crippen LogP contribution in [0, 0.1) is 6.92 Å². The summed E-state index contributed by atoms with van der Waals surface area (Å²) < 4.78 is 29.2. The fraction of sp³-hybridized carbons (Fsp3) is 0.250. The SMILES string of the molecule is Cc1nc(NS(=O)(=O)c2cc(CO)n(C)c2)ccc1Br. The second kappa shape index (κ2) is 5.55. The van der Waals surface area contributed by atoms with Crippen molar-refractivity contribution in [3.05, 3.63) is 40.3 Å². The van der Waals surface area contributed by atoms with Crippen molar-refractivity contribution in [3.63, 3.8) is 0 Å². The van der Waals surface area contributed by atoms with Crippen molar-refractivity contribution in [2.75, 3.05) is 4.72 Å². The Morgan fingerprint density at radius 2 is 2.15 bits per heavy atom. The number of nitrogens with zero attached hydrogens (tertiary/aromatic N) is 2. The Kier molecular flexibility index (Phi) is 4.17. The summed E-state index contributed by atoms with van der Waals surface area (Å²) in [5.74, 6) is 0.250. The average molecular weight is 360 g/mol. The minimum atomic E-state index is -3.71. The summed E-state index contributed by atoms with van der Waals surface area (Å²) in [7, 11) is -2.04. The number of nitrogens with one attached hydrogen (secondary N) is 1. The molecule has 0 fully saturated rings. The molecule has 0 aliphatic rings. The van der Waals surface area contributed by atoms with Crippen molar-refractivity contribution in [2.45, 2.75) is 18.4 Å². The molecule has 0 aliphatic carbocycles. The number of aromatic nitrogens is 2. The minimum Gasteiger partial charge on any atom is -0.390 e. The van der Waals surface area contributed by atoms with Gasteiger partial charge in [-0.15, -0.1) is 0 Å². The molecule has 0 saturated carbocycles. The van der Waals surface area contributed by atoms with Crippen LogP contribution in [0.25, 0.3) is 0 Å². The van der Waals surface area contributed by atoms with Crippen LogP contribution in [0.1, 0.15) is 11.4 Å². The normalized spacial score (nSPS) is 11.6. The first-order valence-corrected chi connectivity index (χ1v) is 8.03. The van der Waals surface area contributed by atoms with E-state index < -0.39 is 10.0 Å². The lowest BCUT2D eigenvalue weighted by molar-refractivity contribution is 0.272. The summed E-state index contributed by atoms with van der Waals surface area (Å²) in [4.78, 5) is 4.23. The monoisotopic (exact) mass is 359 g/mol. The zero-order valence-electron chi connectivity index (χ0n) is 11.0. The molecular weight excluding hydrogens is 346 g/mol. The average Bonchev–Trinajstić information content (AvgIpc) is 2.76. The number of hydrogen-bond acceptors (Lipinski definition) is 4. The van der Waals surface area contributed by atoms with Crippen molar-refractivity contribution in [1.29, 1.82) is 0 Å². The van der Waals surface area contributed by atoms with Gasteiger partial charge in [0.2, 0.25) is 0 Å². The summed E-state index contributed by atoms with van der Waals surface area (Å²) in [5.41, 5.74) is 1.21. The van der Waals surface area contributed by atoms with Crippen LogP contribution < -0.4 is 4.72 Å². The molecule has 6 nitrogen and oxygen atoms in total. The van der Waals surface area contributed by atoms with E-state index in [1.807, 2.05) is 0 Å². The van der Waals surface area contributed by atoms with Gasteiger partial charge in [0.15, 0.2) is 0 Å². The highest BCUT2D eigenvalue weighted by Gasteiger charge is 2.18. The van der Waals surface area contributed by atoms with Crippen LogP contribution in [-0.2, 0) is 23.7 Å². The molecule has 0 atom stereocenters. The molecule has 2 aromatic rings. The number of aliphatic hydroxyl groups is 1. The van der Waals surface area contributed by atoms with Crippen LogP contribution >= 0.6 is 15.9 Å². The first-order chi connectivity index (χ1) is 9.33. The largest absolute Gasteiger partial charge is 0.390 e. The quantitative estimate of drug-likeness (QED) is 0.871. The van der Waals surface area contributed by atoms with E-state index in [2.05, 4.69) is 25.6 Å². The number of aryl methyl sites for hydroxylation is 2. The highest BCUT2D eigenvalue weighted by molar-refractivity contribution is 9.10. The van der Waals surface area contributed by atoms with Crippen molar-refractivity contribution in [3.8, 4) is 0 Å². The standard InChI is InChI=1S/C12H14BrN3O3S/c1-8-11(13)3-4-12(14-8)15-20(18,19)10-5-9(7-17)16(2)6-10/h3-6,17H,7H2,1-2H3,(H,14,15). The van der Waals surface area contributed by atoms with Gasteiger partial charge in [0.1, 0.15) is 10.7 Å². The molecule has 0 aromatic carbocycles. The Balaban J connectivity index is 2.32. The van der Waals surface area contributed by atoms with Crippen molar-refractivity contribution >= 4 is 31.8 Å². The lowest BCUT2D eigenvalue weighted by atomic mass is 10.4. The molecule has 0 unspecified atom stereocenters. The Hall–Kier alpha value is -1.38. The van der Waals surface area contributed by atoms with Crippen molar-refractivity contribution in [2.24, 2.45) is 7.05 Å². The molecular formula is C12H14BrN3O3S. The number of aliphatic hydroxyl groups excluding tert-OH is 1. The maximum atomic E-state index is 12.2. The van der Waals surface area contributed by atoms with E-state index in [-0.39, 0.29) is 17.3 Å². The van der Waals surface area contributed by atoms with E-state index in [4.69, 9.17) is 5.11 Å². The lowest BCUT2D eigenvalue weighted by Crippen LogP contribution is -2.13. The van der Waals surface area contributed by atoms with Gasteiger partial charge in [-0.25, -0.2) is 13.4 Å². The molecule has 0 bridgehead atoms. The third-order valence-electron chi connectivity index (χ3n) is 2.82. The van der Waals surface area contributed by atoms with Crippen molar-refractivity contribution < 1.29 is 13.5 Å². The van der Waals surface area contributed by atoms with Crippen molar-refractivity contribution in [1.82, 2.24) is 9.55 Å². The molecule has 0 radical (unpaired) electrons. The zero-order chi connectivity index (χ0) is 14.9. The molecule has 0 saturated heterocycles. The van der Waals surface area contributed by atoms with Crippen LogP contribution in [0.15, 0.2) is 33.8 Å². The second-order valence-electron chi connectivity index (χ2n) is 4.31. The van der Waals surface area contributed by atoms with E-state index in [0.29, 0.717) is 11.4 Å². The molecule has 8 heteroatoms. The van der Waals surface area contributed by atoms with E-state index in [1.165, 1.54) is 12.3 Å². The van der Waals surface area contributed by atoms with Gasteiger partial charge in [0, 0.05) is 23.4 Å². The maximum absolute atomic E-state index is 12.2. The number of hydrogen-bond donors (Lipinski definition) is 2. The molecule has 0 amide bonds. The van der Waals surface area contributed by atoms with E-state index >= 15 is 0 Å². The number of halogens is 1. The molecule has 2 rings (SSSR count). The van der Waals surface area contributed by atoms with E-state index in [9.17, 15) is 8.42 Å². The Morgan fingerprint density at radius 3 is 2.70 bits per heavy atom. The predicted molar refractivity (Wildman–Crippen MR) is 78.8 cm³/mol. The molecule has 2 N–H and O–H groups in total. The predicted octanol–water partition coefficient (Wildman–Crippen LogP) is 1.78. The van der Waals surface area contributed by atoms with E-state index in [0.717, 1.165) is 4.47 Å². The Morgan fingerprint density at radius 1 is 1.45 bits per heavy atom. The fourth-order valence-corrected chi connectivity index (χ4v) is 2.99. The fourth-order valence-electron chi connectivity index (χ4n) is 1.68. The number of anilines is 1. The summed E-state index contributed by atoms with van der Waals surface area (Å²) in [6.07, 6.45) is 1.44. The first-order valence-electron chi connectivity index (χ1n) is 5.75. The van der Waals surface area contributed by atoms with Gasteiger partial charge in [-0.05, 0) is 41.1 Å². The third-order valence-corrected chi connectivity index (χ3v) is 4.98. The number of pyridine rings is 1. The van der Waals surface area contributed by atoms with Gasteiger partial charge in [0.25, 0.3) is 10.0 Å².